The van der Waals surface area contributed by atoms with Gasteiger partial charge in [-0.15, -0.1) is 20.2 Å². The monoisotopic (exact) mass is 1030 g/mol. The van der Waals surface area contributed by atoms with Gasteiger partial charge in [0.05, 0.1) is 19.7 Å². The van der Waals surface area contributed by atoms with Crippen LogP contribution in [0.4, 0.5) is 22.7 Å². The predicted molar refractivity (Wildman–Crippen MR) is 139 cm³/mol. The molecule has 0 aliphatic rings. The molecule has 0 saturated heterocycles. The smallest absolute Gasteiger partial charge is 1.00 e. The molecule has 28 nitrogen and oxygen atoms in total. The minimum Gasteiger partial charge on any atom is -1.00 e. The maximum absolute atomic E-state index is 10.9. The molecule has 236 valence electrons. The summed E-state index contributed by atoms with van der Waals surface area (Å²) in [6, 6.07) is 0. The second-order valence-electron chi connectivity index (χ2n) is 6.47. The van der Waals surface area contributed by atoms with Crippen LogP contribution in [0.5, 0.6) is 34.5 Å². The van der Waals surface area contributed by atoms with Crippen molar-refractivity contribution in [3.8, 4) is 34.5 Å². The molecule has 0 fully saturated rings. The van der Waals surface area contributed by atoms with Crippen molar-refractivity contribution in [2.45, 2.75) is 0 Å². The number of phenols is 4. The Morgan fingerprint density at radius 1 is 0.489 bits per heavy atom. The van der Waals surface area contributed by atoms with Crippen LogP contribution in [0, 0.1) is 60.7 Å². The van der Waals surface area contributed by atoms with Crippen molar-refractivity contribution in [3.63, 3.8) is 0 Å². The van der Waals surface area contributed by atoms with Gasteiger partial charge in [-0.3, -0.25) is 50.1 Å². The van der Waals surface area contributed by atoms with Gasteiger partial charge < -0.3 is 39.2 Å². The summed E-state index contributed by atoms with van der Waals surface area (Å²) >= 11 is 0. The Morgan fingerprint density at radius 3 is 0.867 bits per heavy atom. The van der Waals surface area contributed by atoms with E-state index in [1.54, 1.807) is 0 Å². The maximum atomic E-state index is 10.9. The Labute approximate surface area is 370 Å². The summed E-state index contributed by atoms with van der Waals surface area (Å²) in [7, 11) is 0. The number of nitrogens with zero attached hydrogens (tertiary/aromatic N) is 6. The molecule has 6 N–H and O–H groups in total. The van der Waals surface area contributed by atoms with Gasteiger partial charge in [0.25, 0.3) is 21.7 Å². The van der Waals surface area contributed by atoms with Crippen molar-refractivity contribution in [1.82, 2.24) is 0 Å². The van der Waals surface area contributed by atoms with Gasteiger partial charge in [0.2, 0.25) is 23.0 Å². The zero-order valence-corrected chi connectivity index (χ0v) is 34.3. The third-order valence-corrected chi connectivity index (χ3v) is 4.19. The fraction of sp³-hybridized carbons (Fsp3) is 0. The first kappa shape index (κ1) is 46.7. The molecule has 0 heterocycles. The third kappa shape index (κ3) is 10.7. The molecule has 0 bridgehead atoms. The van der Waals surface area contributed by atoms with E-state index >= 15 is 0 Å². The molecular weight excluding hydrogens is 1020 g/mol. The quantitative estimate of drug-likeness (QED) is 0.103. The second-order valence-corrected chi connectivity index (χ2v) is 6.47. The number of nitro benzene ring substituents is 4. The number of nitro groups is 4. The number of phenolic OH excluding ortho intramolecular Hbond substituents is 2. The number of hydrogen-bond acceptors (Lipinski definition) is 20. The first-order valence-electron chi connectivity index (χ1n) is 9.11. The largest absolute Gasteiger partial charge is 2.00 e. The average Bonchev–Trinajstić information content (AvgIpc) is 2.76. The van der Waals surface area contributed by atoms with Crippen LogP contribution in [-0.2, 0) is 0 Å². The van der Waals surface area contributed by atoms with Gasteiger partial charge in [0.15, 0.2) is 0 Å². The minimum atomic E-state index is -2.18. The molecule has 0 aliphatic heterocycles. The van der Waals surface area contributed by atoms with Crippen LogP contribution in [0.25, 0.3) is 0 Å². The van der Waals surface area contributed by atoms with Gasteiger partial charge in [-0.05, 0) is 0 Å². The number of carboxylic acids is 2. The predicted octanol–water partition coefficient (Wildman–Crippen LogP) is -0.102. The van der Waals surface area contributed by atoms with Crippen molar-refractivity contribution in [2.75, 3.05) is 0 Å². The minimum absolute atomic E-state index is 0. The topological polar surface area (TPSA) is 433 Å². The fourth-order valence-corrected chi connectivity index (χ4v) is 2.76. The van der Waals surface area contributed by atoms with E-state index < -0.39 is 110 Å². The van der Waals surface area contributed by atoms with E-state index in [1.165, 1.54) is 0 Å². The second kappa shape index (κ2) is 19.1. The average molecular weight is 1030 g/mol. The Hall–Kier alpha value is -2.71. The van der Waals surface area contributed by atoms with Crippen LogP contribution >= 0.6 is 0 Å². The van der Waals surface area contributed by atoms with Gasteiger partial charge in [-0.25, -0.2) is 9.59 Å². The van der Waals surface area contributed by atoms with Gasteiger partial charge >= 0.3 is 181 Å². The van der Waals surface area contributed by atoms with Gasteiger partial charge in [-0.2, -0.15) is 0 Å². The number of carboxylic acid groups (broad SMARTS) is 2. The summed E-state index contributed by atoms with van der Waals surface area (Å²) in [5.41, 5.74) is -10.1. The Bertz CT molecular complexity index is 1440. The molecule has 0 spiro atoms. The van der Waals surface area contributed by atoms with Crippen LogP contribution in [0.3, 0.4) is 0 Å². The number of aromatic carboxylic acids is 2. The summed E-state index contributed by atoms with van der Waals surface area (Å²) < 4.78 is 0. The summed E-state index contributed by atoms with van der Waals surface area (Å²) in [5, 5.41) is 115. The van der Waals surface area contributed by atoms with E-state index in [4.69, 9.17) is 10.2 Å². The normalized spacial score (nSPS) is 9.24. The molecule has 0 amide bonds. The van der Waals surface area contributed by atoms with Crippen LogP contribution in [0.1, 0.15) is 29.3 Å². The van der Waals surface area contributed by atoms with E-state index in [2.05, 4.69) is 9.68 Å². The Balaban J connectivity index is -0.0000000840. The SMILES string of the molecule is O=C(O)c1c(O)c([N+](=O)[O-])c(O)c([N+](=O)[O-])c1O[N+](=O)[O-].O=C(O)c1c(O)c([N+](=O)[O-])c(O)c([N+](=O)[O-])c1O[N+](=O)[O-].[Ba+2].[Ba+2].[Ba+2].[H-].[H-].[H-].[H-].[H-].[H-]. The first-order valence-corrected chi connectivity index (χ1v) is 9.11. The summed E-state index contributed by atoms with van der Waals surface area (Å²) in [6.45, 7) is 0. The fourth-order valence-electron chi connectivity index (χ4n) is 2.76. The van der Waals surface area contributed by atoms with Crippen LogP contribution in [0.2, 0.25) is 0 Å². The van der Waals surface area contributed by atoms with Crippen molar-refractivity contribution in [2.24, 2.45) is 0 Å². The number of carbonyl (C=O) groups is 2. The molecule has 0 aliphatic carbocycles. The first-order chi connectivity index (χ1) is 19.2. The summed E-state index contributed by atoms with van der Waals surface area (Å²) in [4.78, 5) is 86.2. The molecule has 0 aromatic heterocycles. The number of rotatable bonds is 10. The summed E-state index contributed by atoms with van der Waals surface area (Å²) in [5.74, 6) is -14.7. The van der Waals surface area contributed by atoms with Gasteiger partial charge in [0, 0.05) is 0 Å². The van der Waals surface area contributed by atoms with E-state index in [-0.39, 0.29) is 155 Å². The number of aromatic hydroxyl groups is 4. The molecule has 2 aromatic carbocycles. The molecule has 2 aromatic rings. The molecule has 0 unspecified atom stereocenters. The molecule has 0 radical (unpaired) electrons. The summed E-state index contributed by atoms with van der Waals surface area (Å²) in [6.07, 6.45) is 0. The van der Waals surface area contributed by atoms with Gasteiger partial charge in [-0.1, -0.05) is 0 Å². The molecule has 31 heteroatoms. The number of benzene rings is 2. The van der Waals surface area contributed by atoms with Crippen molar-refractivity contribution < 1.29 is 88.3 Å². The molecule has 0 atom stereocenters. The van der Waals surface area contributed by atoms with Crippen LogP contribution in [0.15, 0.2) is 0 Å². The van der Waals surface area contributed by atoms with Gasteiger partial charge in [0.1, 0.15) is 11.1 Å². The number of hydrogen-bond donors (Lipinski definition) is 6. The zero-order valence-electron chi connectivity index (χ0n) is 27.0. The molecule has 2 rings (SSSR count). The molecule has 0 saturated carbocycles. The molecule has 45 heavy (non-hydrogen) atoms. The van der Waals surface area contributed by atoms with Crippen molar-refractivity contribution >= 4 is 181 Å². The van der Waals surface area contributed by atoms with Crippen LogP contribution in [-0.4, -0.2) is 219 Å². The maximum Gasteiger partial charge on any atom is 2.00 e. The molecular formula is C14H12Ba3N6O22. The Kier molecular flexibility index (Phi) is 19.8. The van der Waals surface area contributed by atoms with E-state index in [0.717, 1.165) is 0 Å². The van der Waals surface area contributed by atoms with E-state index in [9.17, 15) is 90.7 Å². The Morgan fingerprint density at radius 2 is 0.711 bits per heavy atom. The van der Waals surface area contributed by atoms with Crippen molar-refractivity contribution in [1.29, 1.82) is 0 Å². The third-order valence-electron chi connectivity index (χ3n) is 4.19. The van der Waals surface area contributed by atoms with E-state index in [0.29, 0.717) is 0 Å². The van der Waals surface area contributed by atoms with Crippen LogP contribution < -0.4 is 9.68 Å². The standard InChI is InChI=1S/2C7H3N3O11.3Ba.6H/c2*11-4-1(7(13)14)6(21-10(19)20)3(9(17)18)5(12)2(4)8(15)16;;;;;;;;;/h2*11-12H,(H,13,14);;;;;;;;;/q;;3*+2;6*-1. The zero-order chi connectivity index (χ0) is 33.0. The van der Waals surface area contributed by atoms with E-state index in [1.807, 2.05) is 0 Å². The van der Waals surface area contributed by atoms with Crippen molar-refractivity contribution in [3.05, 3.63) is 71.8 Å².